The van der Waals surface area contributed by atoms with Crippen molar-refractivity contribution in [3.8, 4) is 0 Å². The van der Waals surface area contributed by atoms with Crippen LogP contribution in [-0.4, -0.2) is 36.1 Å². The van der Waals surface area contributed by atoms with Crippen molar-refractivity contribution >= 4 is 0 Å². The van der Waals surface area contributed by atoms with Gasteiger partial charge < -0.3 is 5.32 Å². The molecule has 3 atom stereocenters. The summed E-state index contributed by atoms with van der Waals surface area (Å²) in [5.41, 5.74) is 0. The predicted octanol–water partition coefficient (Wildman–Crippen LogP) is 2.39. The highest BCUT2D eigenvalue weighted by Crippen LogP contribution is 2.30. The quantitative estimate of drug-likeness (QED) is 0.766. The summed E-state index contributed by atoms with van der Waals surface area (Å²) >= 11 is 0. The van der Waals surface area contributed by atoms with E-state index in [0.717, 1.165) is 18.1 Å². The molecule has 0 aromatic rings. The molecule has 3 unspecified atom stereocenters. The average Bonchev–Trinajstić information content (AvgIpc) is 2.83. The summed E-state index contributed by atoms with van der Waals surface area (Å²) in [6, 6.07) is 2.54. The van der Waals surface area contributed by atoms with Crippen LogP contribution in [0.2, 0.25) is 0 Å². The van der Waals surface area contributed by atoms with Gasteiger partial charge in [0.1, 0.15) is 0 Å². The maximum absolute atomic E-state index is 3.67. The fourth-order valence-electron chi connectivity index (χ4n) is 3.29. The molecule has 15 heavy (non-hydrogen) atoms. The van der Waals surface area contributed by atoms with E-state index in [1.165, 1.54) is 51.6 Å². The molecule has 0 aromatic heterocycles. The van der Waals surface area contributed by atoms with E-state index in [1.54, 1.807) is 0 Å². The van der Waals surface area contributed by atoms with Crippen LogP contribution in [0.15, 0.2) is 0 Å². The molecule has 2 rings (SSSR count). The first kappa shape index (κ1) is 11.4. The fraction of sp³-hybridized carbons (Fsp3) is 1.00. The Balaban J connectivity index is 1.76. The van der Waals surface area contributed by atoms with Gasteiger partial charge >= 0.3 is 0 Å². The van der Waals surface area contributed by atoms with Crippen molar-refractivity contribution in [3.63, 3.8) is 0 Å². The third kappa shape index (κ3) is 2.73. The topological polar surface area (TPSA) is 15.3 Å². The largest absolute Gasteiger partial charge is 0.314 e. The lowest BCUT2D eigenvalue weighted by Gasteiger charge is -2.28. The van der Waals surface area contributed by atoms with Crippen LogP contribution in [0.3, 0.4) is 0 Å². The lowest BCUT2D eigenvalue weighted by atomic mass is 10.1. The van der Waals surface area contributed by atoms with Gasteiger partial charge in [0.05, 0.1) is 0 Å². The van der Waals surface area contributed by atoms with Crippen LogP contribution in [-0.2, 0) is 0 Å². The normalized spacial score (nSPS) is 37.6. The van der Waals surface area contributed by atoms with E-state index >= 15 is 0 Å². The molecule has 2 heteroatoms. The summed E-state index contributed by atoms with van der Waals surface area (Å²) in [5.74, 6) is 0. The summed E-state index contributed by atoms with van der Waals surface area (Å²) in [6.45, 7) is 7.21. The van der Waals surface area contributed by atoms with Crippen LogP contribution in [0.25, 0.3) is 0 Å². The van der Waals surface area contributed by atoms with Gasteiger partial charge in [-0.2, -0.15) is 0 Å². The molecule has 1 saturated heterocycles. The first-order valence-corrected chi connectivity index (χ1v) is 6.80. The molecule has 0 radical (unpaired) electrons. The molecular formula is C13H26N2. The molecule has 0 bridgehead atoms. The SMILES string of the molecule is CCCNC1CCC(N2CCCC2C)C1. The molecule has 1 heterocycles. The zero-order valence-corrected chi connectivity index (χ0v) is 10.3. The Morgan fingerprint density at radius 2 is 2.13 bits per heavy atom. The van der Waals surface area contributed by atoms with Crippen molar-refractivity contribution in [1.82, 2.24) is 10.2 Å². The van der Waals surface area contributed by atoms with Crippen molar-refractivity contribution in [2.45, 2.75) is 70.5 Å². The summed E-state index contributed by atoms with van der Waals surface area (Å²) in [4.78, 5) is 2.76. The predicted molar refractivity (Wildman–Crippen MR) is 65.1 cm³/mol. The minimum atomic E-state index is 0.808. The maximum atomic E-state index is 3.67. The van der Waals surface area contributed by atoms with Gasteiger partial charge in [0.25, 0.3) is 0 Å². The van der Waals surface area contributed by atoms with Crippen LogP contribution >= 0.6 is 0 Å². The molecule has 1 saturated carbocycles. The van der Waals surface area contributed by atoms with E-state index in [9.17, 15) is 0 Å². The van der Waals surface area contributed by atoms with Crippen molar-refractivity contribution in [3.05, 3.63) is 0 Å². The number of rotatable bonds is 4. The van der Waals surface area contributed by atoms with Gasteiger partial charge in [-0.15, -0.1) is 0 Å². The lowest BCUT2D eigenvalue weighted by Crippen LogP contribution is -2.37. The zero-order valence-electron chi connectivity index (χ0n) is 10.3. The van der Waals surface area contributed by atoms with Gasteiger partial charge in [-0.05, 0) is 58.5 Å². The minimum Gasteiger partial charge on any atom is -0.314 e. The van der Waals surface area contributed by atoms with E-state index < -0.39 is 0 Å². The molecule has 88 valence electrons. The van der Waals surface area contributed by atoms with Gasteiger partial charge in [-0.1, -0.05) is 6.92 Å². The molecule has 2 nitrogen and oxygen atoms in total. The van der Waals surface area contributed by atoms with Gasteiger partial charge in [-0.25, -0.2) is 0 Å². The van der Waals surface area contributed by atoms with Crippen molar-refractivity contribution in [2.75, 3.05) is 13.1 Å². The first-order chi connectivity index (χ1) is 7.31. The molecule has 1 aliphatic carbocycles. The van der Waals surface area contributed by atoms with Crippen molar-refractivity contribution in [2.24, 2.45) is 0 Å². The smallest absolute Gasteiger partial charge is 0.0113 e. The fourth-order valence-corrected chi connectivity index (χ4v) is 3.29. The van der Waals surface area contributed by atoms with Crippen molar-refractivity contribution < 1.29 is 0 Å². The molecule has 2 aliphatic rings. The number of nitrogens with zero attached hydrogens (tertiary/aromatic N) is 1. The monoisotopic (exact) mass is 210 g/mol. The second-order valence-electron chi connectivity index (χ2n) is 5.35. The molecule has 0 amide bonds. The number of nitrogens with one attached hydrogen (secondary N) is 1. The van der Waals surface area contributed by atoms with E-state index in [-0.39, 0.29) is 0 Å². The van der Waals surface area contributed by atoms with E-state index in [4.69, 9.17) is 0 Å². The van der Waals surface area contributed by atoms with Crippen LogP contribution in [0.4, 0.5) is 0 Å². The maximum Gasteiger partial charge on any atom is 0.0113 e. The number of hydrogen-bond acceptors (Lipinski definition) is 2. The summed E-state index contributed by atoms with van der Waals surface area (Å²) in [5, 5.41) is 3.67. The third-order valence-electron chi connectivity index (χ3n) is 4.16. The van der Waals surface area contributed by atoms with Crippen LogP contribution < -0.4 is 5.32 Å². The van der Waals surface area contributed by atoms with E-state index in [2.05, 4.69) is 24.1 Å². The highest BCUT2D eigenvalue weighted by atomic mass is 15.2. The van der Waals surface area contributed by atoms with E-state index in [0.29, 0.717) is 0 Å². The molecule has 1 aliphatic heterocycles. The van der Waals surface area contributed by atoms with Crippen LogP contribution in [0.5, 0.6) is 0 Å². The second kappa shape index (κ2) is 5.31. The Morgan fingerprint density at radius 1 is 1.27 bits per heavy atom. The van der Waals surface area contributed by atoms with Gasteiger partial charge in [0.2, 0.25) is 0 Å². The van der Waals surface area contributed by atoms with Crippen LogP contribution in [0, 0.1) is 0 Å². The summed E-state index contributed by atoms with van der Waals surface area (Å²) in [7, 11) is 0. The van der Waals surface area contributed by atoms with Gasteiger partial charge in [-0.3, -0.25) is 4.90 Å². The van der Waals surface area contributed by atoms with Gasteiger partial charge in [0.15, 0.2) is 0 Å². The van der Waals surface area contributed by atoms with Crippen molar-refractivity contribution in [1.29, 1.82) is 0 Å². The Hall–Kier alpha value is -0.0800. The lowest BCUT2D eigenvalue weighted by molar-refractivity contribution is 0.190. The third-order valence-corrected chi connectivity index (χ3v) is 4.16. The molecule has 2 fully saturated rings. The summed E-state index contributed by atoms with van der Waals surface area (Å²) in [6.07, 6.45) is 8.32. The van der Waals surface area contributed by atoms with Gasteiger partial charge in [0, 0.05) is 18.1 Å². The number of likely N-dealkylation sites (tertiary alicyclic amines) is 1. The highest BCUT2D eigenvalue weighted by Gasteiger charge is 2.33. The Morgan fingerprint density at radius 3 is 2.80 bits per heavy atom. The minimum absolute atomic E-state index is 0.808. The Bertz CT molecular complexity index is 193. The first-order valence-electron chi connectivity index (χ1n) is 6.80. The Kier molecular flexibility index (Phi) is 4.04. The molecule has 0 aromatic carbocycles. The molecule has 1 N–H and O–H groups in total. The van der Waals surface area contributed by atoms with Crippen LogP contribution in [0.1, 0.15) is 52.4 Å². The highest BCUT2D eigenvalue weighted by molar-refractivity contribution is 4.90. The number of hydrogen-bond donors (Lipinski definition) is 1. The molecule has 0 spiro atoms. The summed E-state index contributed by atoms with van der Waals surface area (Å²) < 4.78 is 0. The molecular weight excluding hydrogens is 184 g/mol. The Labute approximate surface area is 94.4 Å². The second-order valence-corrected chi connectivity index (χ2v) is 5.35. The van der Waals surface area contributed by atoms with E-state index in [1.807, 2.05) is 0 Å². The average molecular weight is 210 g/mol. The standard InChI is InChI=1S/C13H26N2/c1-3-8-14-12-6-7-13(10-12)15-9-4-5-11(15)2/h11-14H,3-10H2,1-2H3. The zero-order chi connectivity index (χ0) is 10.7.